The van der Waals surface area contributed by atoms with Crippen molar-refractivity contribution in [2.24, 2.45) is 0 Å². The highest BCUT2D eigenvalue weighted by atomic mass is 31.2. The third-order valence-corrected chi connectivity index (χ3v) is 2.44. The van der Waals surface area contributed by atoms with Gasteiger partial charge in [-0.3, -0.25) is 0 Å². The number of aliphatic hydroxyl groups excluding tert-OH is 1. The summed E-state index contributed by atoms with van der Waals surface area (Å²) >= 11 is 0. The Morgan fingerprint density at radius 1 is 1.77 bits per heavy atom. The molecule has 0 bridgehead atoms. The first-order valence-corrected chi connectivity index (χ1v) is 6.13. The van der Waals surface area contributed by atoms with Gasteiger partial charge in [0.15, 0.2) is 0 Å². The number of hydrogen-bond donors (Lipinski definition) is 1. The predicted octanol–water partition coefficient (Wildman–Crippen LogP) is -0.361. The third kappa shape index (κ3) is 3.47. The fourth-order valence-corrected chi connectivity index (χ4v) is 2.05. The molecule has 0 saturated carbocycles. The molecular weight excluding hydrogens is 189 g/mol. The minimum Gasteiger partial charge on any atom is -0.394 e. The summed E-state index contributed by atoms with van der Waals surface area (Å²) in [5, 5.41) is 8.86. The highest BCUT2D eigenvalue weighted by Crippen LogP contribution is 2.41. The van der Waals surface area contributed by atoms with E-state index in [4.69, 9.17) is 29.8 Å². The summed E-state index contributed by atoms with van der Waals surface area (Å²) in [6.45, 7) is 1.10. The molecule has 1 unspecified atom stereocenters. The van der Waals surface area contributed by atoms with E-state index in [1.807, 2.05) is 0 Å². The average molecular weight is 200 g/mol. The topological polar surface area (TPSA) is 55.8 Å². The van der Waals surface area contributed by atoms with Crippen molar-refractivity contribution in [3.8, 4) is 0 Å². The van der Waals surface area contributed by atoms with Gasteiger partial charge in [-0.2, -0.15) is 0 Å². The van der Waals surface area contributed by atoms with E-state index in [9.17, 15) is 4.57 Å². The lowest BCUT2D eigenvalue weighted by Gasteiger charge is -2.19. The molecule has 1 aliphatic heterocycles. The summed E-state index contributed by atoms with van der Waals surface area (Å²) in [7, 11) is 7.66. The molecule has 0 aromatic rings. The summed E-state index contributed by atoms with van der Waals surface area (Å²) < 4.78 is 21.3. The van der Waals surface area contributed by atoms with Crippen LogP contribution in [-0.4, -0.2) is 52.0 Å². The second kappa shape index (κ2) is 4.18. The molecule has 0 aromatic carbocycles. The van der Waals surface area contributed by atoms with Crippen LogP contribution in [0.5, 0.6) is 0 Å². The van der Waals surface area contributed by atoms with Crippen LogP contribution in [0.1, 0.15) is 6.42 Å². The molecule has 1 saturated heterocycles. The van der Waals surface area contributed by atoms with Crippen molar-refractivity contribution in [1.29, 1.82) is 0 Å². The predicted molar refractivity (Wildman–Crippen MR) is 50.3 cm³/mol. The summed E-state index contributed by atoms with van der Waals surface area (Å²) in [5.41, 5.74) is 0. The molecule has 0 aliphatic carbocycles. The van der Waals surface area contributed by atoms with Gasteiger partial charge >= 0.3 is 0 Å². The number of ether oxygens (including phenoxy) is 1. The second-order valence-corrected chi connectivity index (χ2v) is 5.21. The average Bonchev–Trinajstić information content (AvgIpc) is 2.27. The Kier molecular flexibility index (Phi) is 3.64. The molecule has 4 radical (unpaired) electrons. The maximum atomic E-state index is 11.1. The number of hydrogen-bond acceptors (Lipinski definition) is 4. The van der Waals surface area contributed by atoms with Gasteiger partial charge in [-0.25, -0.2) is 0 Å². The molecule has 1 fully saturated rings. The minimum atomic E-state index is -3.04. The van der Waals surface area contributed by atoms with Crippen molar-refractivity contribution in [3.63, 3.8) is 0 Å². The quantitative estimate of drug-likeness (QED) is 0.498. The van der Waals surface area contributed by atoms with Gasteiger partial charge in [0.25, 0.3) is 0 Å². The summed E-state index contributed by atoms with van der Waals surface area (Å²) in [6.07, 6.45) is -0.590. The Bertz CT molecular complexity index is 219. The zero-order chi connectivity index (χ0) is 10.1. The minimum absolute atomic E-state index is 0.210. The zero-order valence-electron chi connectivity index (χ0n) is 7.42. The van der Waals surface area contributed by atoms with E-state index < -0.39 is 25.5 Å². The van der Waals surface area contributed by atoms with Gasteiger partial charge in [-0.1, -0.05) is 0 Å². The number of rotatable bonds is 3. The van der Waals surface area contributed by atoms with Gasteiger partial charge < -0.3 is 18.9 Å². The van der Waals surface area contributed by atoms with Crippen molar-refractivity contribution in [2.75, 3.05) is 13.3 Å². The fraction of sp³-hybridized carbons (Fsp3) is 1.00. The van der Waals surface area contributed by atoms with Crippen molar-refractivity contribution < 1.29 is 18.9 Å². The van der Waals surface area contributed by atoms with E-state index in [-0.39, 0.29) is 6.61 Å². The first-order chi connectivity index (χ1) is 5.92. The normalized spacial score (nSPS) is 38.8. The molecule has 7 heteroatoms. The molecule has 0 spiro atoms. The van der Waals surface area contributed by atoms with E-state index in [1.165, 1.54) is 6.66 Å². The number of aliphatic hydroxyl groups is 1. The lowest BCUT2D eigenvalue weighted by Crippen LogP contribution is -2.26. The van der Waals surface area contributed by atoms with Crippen LogP contribution in [0.15, 0.2) is 0 Å². The van der Waals surface area contributed by atoms with Crippen LogP contribution in [0.25, 0.3) is 0 Å². The summed E-state index contributed by atoms with van der Waals surface area (Å²) in [6, 6.07) is -0.478. The van der Waals surface area contributed by atoms with E-state index in [1.54, 1.807) is 0 Å². The molecule has 0 aromatic heterocycles. The molecule has 4 atom stereocenters. The van der Waals surface area contributed by atoms with Crippen molar-refractivity contribution >= 4 is 22.7 Å². The van der Waals surface area contributed by atoms with Gasteiger partial charge in [0.05, 0.1) is 12.7 Å². The van der Waals surface area contributed by atoms with E-state index >= 15 is 0 Å². The molecule has 1 rings (SSSR count). The maximum Gasteiger partial charge on any atom is 0.202 e. The molecule has 0 amide bonds. The van der Waals surface area contributed by atoms with Gasteiger partial charge in [-0.15, -0.1) is 0 Å². The molecule has 4 nitrogen and oxygen atoms in total. The monoisotopic (exact) mass is 200 g/mol. The standard InChI is InChI=1S/C6H11B2O4P/c1-13(8,10)12-4-2-6(7)11-5(4)3-9/h4-6,9H,2-3H2,1H3/t4-,5-,6-,13?/m1/s1. The van der Waals surface area contributed by atoms with Gasteiger partial charge in [-0.05, 0) is 6.42 Å². The Balaban J connectivity index is 2.54. The van der Waals surface area contributed by atoms with Crippen molar-refractivity contribution in [2.45, 2.75) is 24.6 Å². The Morgan fingerprint density at radius 3 is 2.85 bits per heavy atom. The van der Waals surface area contributed by atoms with Crippen LogP contribution in [0.2, 0.25) is 0 Å². The Morgan fingerprint density at radius 2 is 2.38 bits per heavy atom. The van der Waals surface area contributed by atoms with Crippen LogP contribution in [0, 0.1) is 0 Å². The molecule has 13 heavy (non-hydrogen) atoms. The first-order valence-electron chi connectivity index (χ1n) is 3.99. The van der Waals surface area contributed by atoms with Crippen molar-refractivity contribution in [1.82, 2.24) is 0 Å². The molecule has 70 valence electrons. The smallest absolute Gasteiger partial charge is 0.202 e. The molecular formula is C6H11B2O4P. The van der Waals surface area contributed by atoms with E-state index in [0.29, 0.717) is 6.42 Å². The third-order valence-electron chi connectivity index (χ3n) is 1.75. The van der Waals surface area contributed by atoms with Gasteiger partial charge in [0.1, 0.15) is 21.2 Å². The van der Waals surface area contributed by atoms with Crippen LogP contribution in [0.4, 0.5) is 0 Å². The highest BCUT2D eigenvalue weighted by molar-refractivity contribution is 7.82. The lowest BCUT2D eigenvalue weighted by atomic mass is 9.96. The molecule has 1 aliphatic rings. The fourth-order valence-electron chi connectivity index (χ4n) is 1.29. The van der Waals surface area contributed by atoms with Crippen LogP contribution in [-0.2, 0) is 13.8 Å². The van der Waals surface area contributed by atoms with Gasteiger partial charge in [0.2, 0.25) is 7.57 Å². The van der Waals surface area contributed by atoms with Crippen LogP contribution < -0.4 is 0 Å². The van der Waals surface area contributed by atoms with Crippen LogP contribution >= 0.6 is 7.25 Å². The summed E-state index contributed by atoms with van der Waals surface area (Å²) in [4.78, 5) is 0. The largest absolute Gasteiger partial charge is 0.394 e. The Labute approximate surface area is 80.2 Å². The van der Waals surface area contributed by atoms with E-state index in [0.717, 1.165) is 0 Å². The first kappa shape index (κ1) is 11.3. The zero-order valence-corrected chi connectivity index (χ0v) is 8.31. The second-order valence-electron chi connectivity index (χ2n) is 3.18. The summed E-state index contributed by atoms with van der Waals surface area (Å²) in [5.74, 6) is 0. The van der Waals surface area contributed by atoms with Crippen molar-refractivity contribution in [3.05, 3.63) is 0 Å². The lowest BCUT2D eigenvalue weighted by molar-refractivity contribution is 0.00539. The highest BCUT2D eigenvalue weighted by Gasteiger charge is 2.35. The maximum absolute atomic E-state index is 11.1. The molecule has 1 N–H and O–H groups in total. The van der Waals surface area contributed by atoms with Gasteiger partial charge in [0, 0.05) is 12.7 Å². The van der Waals surface area contributed by atoms with E-state index in [2.05, 4.69) is 0 Å². The SMILES string of the molecule is [B][C@H]1C[C@@H](OP([B])(C)=O)[C@@H](CO)O1. The van der Waals surface area contributed by atoms with Crippen LogP contribution in [0.3, 0.4) is 0 Å². The molecule has 1 heterocycles. The Hall–Kier alpha value is 0.240.